The number of benzene rings is 1. The van der Waals surface area contributed by atoms with E-state index in [-0.39, 0.29) is 17.6 Å². The van der Waals surface area contributed by atoms with Gasteiger partial charge in [-0.3, -0.25) is 0 Å². The number of aromatic carboxylic acids is 1. The Hall–Kier alpha value is -2.47. The number of pyridine rings is 1. The number of aromatic amines is 1. The van der Waals surface area contributed by atoms with Crippen LogP contribution >= 0.6 is 11.6 Å². The fraction of sp³-hybridized carbons (Fsp3) is 0.0714. The van der Waals surface area contributed by atoms with Gasteiger partial charge in [0.1, 0.15) is 11.6 Å². The number of rotatable bonds is 3. The number of carboxylic acids is 1. The van der Waals surface area contributed by atoms with E-state index in [1.165, 1.54) is 24.4 Å². The van der Waals surface area contributed by atoms with Crippen molar-refractivity contribution >= 4 is 28.7 Å². The van der Waals surface area contributed by atoms with Gasteiger partial charge in [0.15, 0.2) is 5.65 Å². The summed E-state index contributed by atoms with van der Waals surface area (Å²) in [4.78, 5) is 22.2. The molecule has 0 radical (unpaired) electrons. The number of hydrogen-bond donors (Lipinski definition) is 2. The molecule has 3 aromatic rings. The van der Waals surface area contributed by atoms with Gasteiger partial charge in [0.05, 0.1) is 11.1 Å². The molecule has 5 nitrogen and oxygen atoms in total. The van der Waals surface area contributed by atoms with Crippen LogP contribution in [0.3, 0.4) is 0 Å². The molecule has 0 atom stereocenters. The smallest absolute Gasteiger partial charge is 0.338 e. The predicted octanol–water partition coefficient (Wildman–Crippen LogP) is 3.04. The van der Waals surface area contributed by atoms with Crippen LogP contribution in [0.1, 0.15) is 21.7 Å². The molecule has 0 aliphatic rings. The average molecular weight is 306 g/mol. The molecule has 7 heteroatoms. The molecule has 0 aliphatic carbocycles. The zero-order valence-corrected chi connectivity index (χ0v) is 11.4. The van der Waals surface area contributed by atoms with E-state index in [0.29, 0.717) is 21.9 Å². The molecule has 2 heterocycles. The number of H-pyrrole nitrogens is 1. The minimum Gasteiger partial charge on any atom is -0.478 e. The van der Waals surface area contributed by atoms with Crippen molar-refractivity contribution in [2.45, 2.75) is 6.42 Å². The van der Waals surface area contributed by atoms with E-state index >= 15 is 0 Å². The Bertz CT molecular complexity index is 827. The van der Waals surface area contributed by atoms with E-state index in [1.807, 2.05) is 0 Å². The summed E-state index contributed by atoms with van der Waals surface area (Å²) in [6.07, 6.45) is 1.49. The third-order valence-electron chi connectivity index (χ3n) is 3.08. The maximum absolute atomic E-state index is 13.8. The molecule has 1 aromatic carbocycles. The first kappa shape index (κ1) is 13.5. The largest absolute Gasteiger partial charge is 0.478 e. The van der Waals surface area contributed by atoms with Crippen LogP contribution in [-0.4, -0.2) is 26.0 Å². The number of halogens is 2. The van der Waals surface area contributed by atoms with Crippen molar-refractivity contribution in [3.05, 3.63) is 58.3 Å². The van der Waals surface area contributed by atoms with Crippen LogP contribution in [0, 0.1) is 5.82 Å². The summed E-state index contributed by atoms with van der Waals surface area (Å²) in [5.41, 5.74) is 0.957. The second kappa shape index (κ2) is 5.14. The molecule has 0 saturated carbocycles. The van der Waals surface area contributed by atoms with Gasteiger partial charge < -0.3 is 10.1 Å². The van der Waals surface area contributed by atoms with Crippen molar-refractivity contribution in [3.63, 3.8) is 0 Å². The van der Waals surface area contributed by atoms with Crippen molar-refractivity contribution in [2.24, 2.45) is 0 Å². The zero-order valence-electron chi connectivity index (χ0n) is 10.6. The molecule has 3 rings (SSSR count). The van der Waals surface area contributed by atoms with Gasteiger partial charge in [-0.1, -0.05) is 17.7 Å². The first-order valence-corrected chi connectivity index (χ1v) is 6.44. The highest BCUT2D eigenvalue weighted by Crippen LogP contribution is 2.23. The second-order valence-corrected chi connectivity index (χ2v) is 4.83. The van der Waals surface area contributed by atoms with E-state index in [1.54, 1.807) is 6.07 Å². The predicted molar refractivity (Wildman–Crippen MR) is 75.1 cm³/mol. The number of aromatic nitrogens is 3. The summed E-state index contributed by atoms with van der Waals surface area (Å²) in [5.74, 6) is -1.12. The van der Waals surface area contributed by atoms with E-state index in [4.69, 9.17) is 16.7 Å². The molecule has 2 aromatic heterocycles. The Balaban J connectivity index is 2.06. The SMILES string of the molecule is O=C(O)c1ccnc2nc(Cc3c(F)cccc3Cl)[nH]c12. The van der Waals surface area contributed by atoms with Gasteiger partial charge in [0, 0.05) is 23.2 Å². The van der Waals surface area contributed by atoms with Gasteiger partial charge in [-0.15, -0.1) is 0 Å². The van der Waals surface area contributed by atoms with Gasteiger partial charge in [0.2, 0.25) is 0 Å². The first-order chi connectivity index (χ1) is 10.1. The van der Waals surface area contributed by atoms with Gasteiger partial charge in [-0.2, -0.15) is 0 Å². The minimum atomic E-state index is -1.08. The second-order valence-electron chi connectivity index (χ2n) is 4.42. The molecule has 0 saturated heterocycles. The lowest BCUT2D eigenvalue weighted by molar-refractivity contribution is 0.0698. The van der Waals surface area contributed by atoms with Crippen LogP contribution in [-0.2, 0) is 6.42 Å². The van der Waals surface area contributed by atoms with Gasteiger partial charge in [-0.25, -0.2) is 19.2 Å². The van der Waals surface area contributed by atoms with Crippen LogP contribution in [0.25, 0.3) is 11.2 Å². The highest BCUT2D eigenvalue weighted by molar-refractivity contribution is 6.31. The Kier molecular flexibility index (Phi) is 3.31. The lowest BCUT2D eigenvalue weighted by Crippen LogP contribution is -1.98. The average Bonchev–Trinajstić information content (AvgIpc) is 2.85. The molecule has 0 amide bonds. The van der Waals surface area contributed by atoms with Crippen molar-refractivity contribution in [2.75, 3.05) is 0 Å². The Morgan fingerprint density at radius 2 is 2.19 bits per heavy atom. The number of hydrogen-bond acceptors (Lipinski definition) is 3. The normalized spacial score (nSPS) is 11.0. The van der Waals surface area contributed by atoms with Crippen LogP contribution in [0.5, 0.6) is 0 Å². The summed E-state index contributed by atoms with van der Waals surface area (Å²) in [5, 5.41) is 9.41. The summed E-state index contributed by atoms with van der Waals surface area (Å²) in [7, 11) is 0. The van der Waals surface area contributed by atoms with Crippen molar-refractivity contribution < 1.29 is 14.3 Å². The summed E-state index contributed by atoms with van der Waals surface area (Å²) >= 11 is 5.97. The molecule has 0 fully saturated rings. The third-order valence-corrected chi connectivity index (χ3v) is 3.43. The molecule has 0 bridgehead atoms. The van der Waals surface area contributed by atoms with E-state index < -0.39 is 11.8 Å². The summed E-state index contributed by atoms with van der Waals surface area (Å²) in [6, 6.07) is 5.79. The highest BCUT2D eigenvalue weighted by atomic mass is 35.5. The number of imidazole rings is 1. The van der Waals surface area contributed by atoms with Crippen molar-refractivity contribution in [1.29, 1.82) is 0 Å². The first-order valence-electron chi connectivity index (χ1n) is 6.06. The topological polar surface area (TPSA) is 78.9 Å². The van der Waals surface area contributed by atoms with E-state index in [9.17, 15) is 9.18 Å². The fourth-order valence-corrected chi connectivity index (χ4v) is 2.32. The minimum absolute atomic E-state index is 0.0679. The van der Waals surface area contributed by atoms with Crippen LogP contribution in [0.4, 0.5) is 4.39 Å². The molecular formula is C14H9ClFN3O2. The van der Waals surface area contributed by atoms with Crippen LogP contribution in [0.2, 0.25) is 5.02 Å². The van der Waals surface area contributed by atoms with E-state index in [2.05, 4.69) is 15.0 Å². The van der Waals surface area contributed by atoms with Gasteiger partial charge in [0.25, 0.3) is 0 Å². The monoisotopic (exact) mass is 305 g/mol. The molecule has 21 heavy (non-hydrogen) atoms. The molecule has 0 unspecified atom stereocenters. The molecule has 2 N–H and O–H groups in total. The Morgan fingerprint density at radius 1 is 1.38 bits per heavy atom. The van der Waals surface area contributed by atoms with Gasteiger partial charge >= 0.3 is 5.97 Å². The molecule has 0 spiro atoms. The number of nitrogens with one attached hydrogen (secondary N) is 1. The standard InChI is InChI=1S/C14H9ClFN3O2/c15-9-2-1-3-10(16)8(9)6-11-18-12-7(14(20)21)4-5-17-13(12)19-11/h1-5H,6H2,(H,20,21)(H,17,18,19). The summed E-state index contributed by atoms with van der Waals surface area (Å²) < 4.78 is 13.8. The summed E-state index contributed by atoms with van der Waals surface area (Å²) in [6.45, 7) is 0. The Morgan fingerprint density at radius 3 is 2.90 bits per heavy atom. The van der Waals surface area contributed by atoms with Crippen molar-refractivity contribution in [3.8, 4) is 0 Å². The quantitative estimate of drug-likeness (QED) is 0.779. The van der Waals surface area contributed by atoms with Gasteiger partial charge in [-0.05, 0) is 18.2 Å². The molecular weight excluding hydrogens is 297 g/mol. The number of carboxylic acid groups (broad SMARTS) is 1. The maximum Gasteiger partial charge on any atom is 0.338 e. The molecule has 0 aliphatic heterocycles. The zero-order chi connectivity index (χ0) is 15.0. The highest BCUT2D eigenvalue weighted by Gasteiger charge is 2.15. The lowest BCUT2D eigenvalue weighted by atomic mass is 10.1. The van der Waals surface area contributed by atoms with E-state index in [0.717, 1.165) is 0 Å². The number of nitrogens with zero attached hydrogens (tertiary/aromatic N) is 2. The number of fused-ring (bicyclic) bond motifs is 1. The Labute approximate surface area is 123 Å². The lowest BCUT2D eigenvalue weighted by Gasteiger charge is -2.03. The van der Waals surface area contributed by atoms with Crippen LogP contribution in [0.15, 0.2) is 30.5 Å². The maximum atomic E-state index is 13.8. The number of carbonyl (C=O) groups is 1. The fourth-order valence-electron chi connectivity index (χ4n) is 2.09. The van der Waals surface area contributed by atoms with Crippen LogP contribution < -0.4 is 0 Å². The molecule has 106 valence electrons. The third kappa shape index (κ3) is 2.45. The van der Waals surface area contributed by atoms with Crippen molar-refractivity contribution in [1.82, 2.24) is 15.0 Å².